The molecule has 2 nitrogen and oxygen atoms in total. The van der Waals surface area contributed by atoms with Gasteiger partial charge in [-0.05, 0) is 48.4 Å². The molecule has 2 unspecified atom stereocenters. The van der Waals surface area contributed by atoms with Gasteiger partial charge in [0.2, 0.25) is 0 Å². The molecule has 1 fully saturated rings. The largest absolute Gasteiger partial charge is 0.370 e. The van der Waals surface area contributed by atoms with Gasteiger partial charge in [-0.2, -0.15) is 0 Å². The first-order valence-corrected chi connectivity index (χ1v) is 7.78. The second-order valence-electron chi connectivity index (χ2n) is 6.79. The molecule has 0 spiro atoms. The van der Waals surface area contributed by atoms with Crippen LogP contribution in [0.25, 0.3) is 0 Å². The van der Waals surface area contributed by atoms with Gasteiger partial charge in [0.15, 0.2) is 0 Å². The van der Waals surface area contributed by atoms with E-state index in [1.54, 1.807) is 11.9 Å². The Morgan fingerprint density at radius 2 is 1.86 bits per heavy atom. The van der Waals surface area contributed by atoms with Gasteiger partial charge in [0.05, 0.1) is 0 Å². The maximum atomic E-state index is 14.2. The van der Waals surface area contributed by atoms with Gasteiger partial charge in [-0.1, -0.05) is 20.8 Å². The lowest BCUT2D eigenvalue weighted by Crippen LogP contribution is -2.24. The molecule has 1 aliphatic rings. The van der Waals surface area contributed by atoms with Gasteiger partial charge in [0.25, 0.3) is 0 Å². The highest BCUT2D eigenvalue weighted by Crippen LogP contribution is 2.39. The van der Waals surface area contributed by atoms with Crippen molar-refractivity contribution in [1.29, 1.82) is 0 Å². The van der Waals surface area contributed by atoms with Crippen LogP contribution in [0.15, 0.2) is 12.1 Å². The topological polar surface area (TPSA) is 15.3 Å². The van der Waals surface area contributed by atoms with E-state index in [2.05, 4.69) is 26.1 Å². The second kappa shape index (κ2) is 6.73. The monoisotopic (exact) mass is 296 g/mol. The lowest BCUT2D eigenvalue weighted by molar-refractivity contribution is 0.541. The first-order chi connectivity index (χ1) is 9.88. The van der Waals surface area contributed by atoms with E-state index >= 15 is 0 Å². The molecule has 2 atom stereocenters. The van der Waals surface area contributed by atoms with Gasteiger partial charge >= 0.3 is 0 Å². The summed E-state index contributed by atoms with van der Waals surface area (Å²) in [5.74, 6) is 0.837. The van der Waals surface area contributed by atoms with Crippen molar-refractivity contribution in [2.24, 2.45) is 17.8 Å². The summed E-state index contributed by atoms with van der Waals surface area (Å²) in [6, 6.07) is 2.89. The molecule has 2 rings (SSSR count). The predicted octanol–water partition coefficient (Wildman–Crippen LogP) is 3.80. The van der Waals surface area contributed by atoms with Crippen molar-refractivity contribution in [3.8, 4) is 0 Å². The molecule has 4 heteroatoms. The molecular formula is C17H26F2N2. The van der Waals surface area contributed by atoms with Crippen LogP contribution in [0, 0.1) is 29.4 Å². The third kappa shape index (κ3) is 4.40. The number of benzene rings is 1. The van der Waals surface area contributed by atoms with Crippen LogP contribution in [0.5, 0.6) is 0 Å². The summed E-state index contributed by atoms with van der Waals surface area (Å²) >= 11 is 0. The molecule has 1 N–H and O–H groups in total. The van der Waals surface area contributed by atoms with Gasteiger partial charge in [-0.3, -0.25) is 0 Å². The summed E-state index contributed by atoms with van der Waals surface area (Å²) in [5.41, 5.74) is 0.754. The van der Waals surface area contributed by atoms with Crippen molar-refractivity contribution in [1.82, 2.24) is 5.32 Å². The molecule has 1 aliphatic carbocycles. The minimum absolute atomic E-state index is 0.0988. The van der Waals surface area contributed by atoms with Crippen LogP contribution in [0.1, 0.15) is 32.8 Å². The molecule has 21 heavy (non-hydrogen) atoms. The Hall–Kier alpha value is -1.16. The first-order valence-electron chi connectivity index (χ1n) is 7.78. The summed E-state index contributed by atoms with van der Waals surface area (Å²) in [6.07, 6.45) is 1.16. The zero-order chi connectivity index (χ0) is 15.6. The second-order valence-corrected chi connectivity index (χ2v) is 6.79. The third-order valence-corrected chi connectivity index (χ3v) is 4.12. The molecule has 0 heterocycles. The third-order valence-electron chi connectivity index (χ3n) is 4.12. The van der Waals surface area contributed by atoms with Crippen molar-refractivity contribution in [2.75, 3.05) is 25.0 Å². The lowest BCUT2D eigenvalue weighted by Gasteiger charge is -2.21. The van der Waals surface area contributed by atoms with Gasteiger partial charge in [0, 0.05) is 20.1 Å². The summed E-state index contributed by atoms with van der Waals surface area (Å²) in [5, 5.41) is 3.21. The van der Waals surface area contributed by atoms with Crippen molar-refractivity contribution < 1.29 is 8.78 Å². The highest BCUT2D eigenvalue weighted by atomic mass is 19.1. The number of hydrogen-bond acceptors (Lipinski definition) is 2. The van der Waals surface area contributed by atoms with E-state index in [1.165, 1.54) is 12.1 Å². The highest BCUT2D eigenvalue weighted by molar-refractivity contribution is 5.50. The summed E-state index contributed by atoms with van der Waals surface area (Å²) in [4.78, 5) is 1.71. The number of halogens is 2. The molecule has 0 aromatic heterocycles. The summed E-state index contributed by atoms with van der Waals surface area (Å²) in [6.45, 7) is 8.44. The Balaban J connectivity index is 2.02. The minimum Gasteiger partial charge on any atom is -0.370 e. The van der Waals surface area contributed by atoms with E-state index in [4.69, 9.17) is 0 Å². The van der Waals surface area contributed by atoms with E-state index in [1.807, 2.05) is 0 Å². The Kier molecular flexibility index (Phi) is 5.20. The number of nitrogens with one attached hydrogen (secondary N) is 1. The molecule has 1 aromatic rings. The minimum atomic E-state index is -0.466. The SMILES string of the molecule is CC(C)CNCc1cc(F)c(N(C)CC2CC2C)c(F)c1. The van der Waals surface area contributed by atoms with Crippen LogP contribution >= 0.6 is 0 Å². The van der Waals surface area contributed by atoms with E-state index in [0.29, 0.717) is 29.9 Å². The maximum absolute atomic E-state index is 14.2. The van der Waals surface area contributed by atoms with Crippen LogP contribution in [0.3, 0.4) is 0 Å². The normalized spacial score (nSPS) is 20.9. The first kappa shape index (κ1) is 16.2. The fourth-order valence-corrected chi connectivity index (χ4v) is 2.69. The average molecular weight is 296 g/mol. The van der Waals surface area contributed by atoms with Crippen LogP contribution in [-0.2, 0) is 6.54 Å². The molecule has 118 valence electrons. The average Bonchev–Trinajstić information content (AvgIpc) is 3.03. The van der Waals surface area contributed by atoms with Crippen molar-refractivity contribution in [3.05, 3.63) is 29.3 Å². The molecular weight excluding hydrogens is 270 g/mol. The Morgan fingerprint density at radius 3 is 2.33 bits per heavy atom. The summed E-state index contributed by atoms with van der Waals surface area (Å²) < 4.78 is 28.4. The molecule has 1 aromatic carbocycles. The molecule has 0 aliphatic heterocycles. The Labute approximate surface area is 126 Å². The fourth-order valence-electron chi connectivity index (χ4n) is 2.69. The quantitative estimate of drug-likeness (QED) is 0.823. The standard InChI is InChI=1S/C17H26F2N2/c1-11(2)8-20-9-13-6-15(18)17(16(19)7-13)21(4)10-14-5-12(14)3/h6-7,11-12,14,20H,5,8-10H2,1-4H3. The number of rotatable bonds is 7. The van der Waals surface area contributed by atoms with Crippen molar-refractivity contribution >= 4 is 5.69 Å². The van der Waals surface area contributed by atoms with Crippen LogP contribution in [0.4, 0.5) is 14.5 Å². The van der Waals surface area contributed by atoms with E-state index in [0.717, 1.165) is 19.5 Å². The highest BCUT2D eigenvalue weighted by Gasteiger charge is 2.34. The van der Waals surface area contributed by atoms with Gasteiger partial charge < -0.3 is 10.2 Å². The van der Waals surface area contributed by atoms with Gasteiger partial charge in [-0.15, -0.1) is 0 Å². The van der Waals surface area contributed by atoms with E-state index in [-0.39, 0.29) is 5.69 Å². The molecule has 1 saturated carbocycles. The fraction of sp³-hybridized carbons (Fsp3) is 0.647. The van der Waals surface area contributed by atoms with Crippen molar-refractivity contribution in [2.45, 2.75) is 33.7 Å². The van der Waals surface area contributed by atoms with Gasteiger partial charge in [0.1, 0.15) is 17.3 Å². The van der Waals surface area contributed by atoms with E-state index in [9.17, 15) is 8.78 Å². The van der Waals surface area contributed by atoms with Crippen LogP contribution in [-0.4, -0.2) is 20.1 Å². The molecule has 0 amide bonds. The lowest BCUT2D eigenvalue weighted by atomic mass is 10.1. The zero-order valence-electron chi connectivity index (χ0n) is 13.4. The van der Waals surface area contributed by atoms with Crippen molar-refractivity contribution in [3.63, 3.8) is 0 Å². The smallest absolute Gasteiger partial charge is 0.149 e. The zero-order valence-corrected chi connectivity index (χ0v) is 13.4. The van der Waals surface area contributed by atoms with Gasteiger partial charge in [-0.25, -0.2) is 8.78 Å². The molecule has 0 radical (unpaired) electrons. The maximum Gasteiger partial charge on any atom is 0.149 e. The summed E-state index contributed by atoms with van der Waals surface area (Å²) in [7, 11) is 1.77. The Morgan fingerprint density at radius 1 is 1.29 bits per heavy atom. The van der Waals surface area contributed by atoms with E-state index < -0.39 is 11.6 Å². The number of nitrogens with zero attached hydrogens (tertiary/aromatic N) is 1. The molecule has 0 saturated heterocycles. The predicted molar refractivity (Wildman–Crippen MR) is 83.4 cm³/mol. The molecule has 0 bridgehead atoms. The number of anilines is 1. The van der Waals surface area contributed by atoms with Crippen LogP contribution in [0.2, 0.25) is 0 Å². The van der Waals surface area contributed by atoms with Crippen LogP contribution < -0.4 is 10.2 Å². The number of hydrogen-bond donors (Lipinski definition) is 1. The Bertz CT molecular complexity index is 465.